The highest BCUT2D eigenvalue weighted by Gasteiger charge is 2.27. The van der Waals surface area contributed by atoms with Crippen LogP contribution in [0, 0.1) is 0 Å². The second kappa shape index (κ2) is 5.73. The summed E-state index contributed by atoms with van der Waals surface area (Å²) in [5, 5.41) is 4.85. The zero-order valence-electron chi connectivity index (χ0n) is 11.5. The van der Waals surface area contributed by atoms with E-state index >= 15 is 0 Å². The Morgan fingerprint density at radius 3 is 2.45 bits per heavy atom. The summed E-state index contributed by atoms with van der Waals surface area (Å²) in [6.45, 7) is 0. The molecule has 0 saturated carbocycles. The van der Waals surface area contributed by atoms with E-state index in [2.05, 4.69) is 10.6 Å². The SMILES string of the molecule is CN(C)c1ccc(C(=O)NC2CCC(=O)NC2=O)cc1. The molecule has 1 saturated heterocycles. The highest BCUT2D eigenvalue weighted by molar-refractivity contribution is 6.03. The number of benzene rings is 1. The van der Waals surface area contributed by atoms with Crippen LogP contribution in [0.1, 0.15) is 23.2 Å². The van der Waals surface area contributed by atoms with Gasteiger partial charge < -0.3 is 10.2 Å². The van der Waals surface area contributed by atoms with Gasteiger partial charge in [-0.05, 0) is 30.7 Å². The average molecular weight is 275 g/mol. The molecule has 0 radical (unpaired) electrons. The Bertz CT molecular complexity index is 537. The fourth-order valence-electron chi connectivity index (χ4n) is 1.98. The number of imide groups is 1. The maximum Gasteiger partial charge on any atom is 0.251 e. The van der Waals surface area contributed by atoms with Crippen molar-refractivity contribution in [2.75, 3.05) is 19.0 Å². The lowest BCUT2D eigenvalue weighted by Gasteiger charge is -2.22. The van der Waals surface area contributed by atoms with E-state index in [1.54, 1.807) is 12.1 Å². The molecule has 1 aliphatic rings. The Hall–Kier alpha value is -2.37. The topological polar surface area (TPSA) is 78.5 Å². The van der Waals surface area contributed by atoms with Gasteiger partial charge in [0.25, 0.3) is 5.91 Å². The number of hydrogen-bond acceptors (Lipinski definition) is 4. The first kappa shape index (κ1) is 14.0. The molecule has 1 unspecified atom stereocenters. The molecule has 1 aromatic carbocycles. The number of rotatable bonds is 3. The summed E-state index contributed by atoms with van der Waals surface area (Å²) in [6.07, 6.45) is 0.586. The van der Waals surface area contributed by atoms with E-state index in [-0.39, 0.29) is 18.2 Å². The molecule has 20 heavy (non-hydrogen) atoms. The van der Waals surface area contributed by atoms with Gasteiger partial charge >= 0.3 is 0 Å². The van der Waals surface area contributed by atoms with E-state index in [1.165, 1.54) is 0 Å². The van der Waals surface area contributed by atoms with E-state index in [1.807, 2.05) is 31.1 Å². The van der Waals surface area contributed by atoms with Gasteiger partial charge in [-0.15, -0.1) is 0 Å². The number of anilines is 1. The lowest BCUT2D eigenvalue weighted by molar-refractivity contribution is -0.134. The Balaban J connectivity index is 2.01. The van der Waals surface area contributed by atoms with Crippen LogP contribution in [0.15, 0.2) is 24.3 Å². The number of nitrogens with zero attached hydrogens (tertiary/aromatic N) is 1. The fraction of sp³-hybridized carbons (Fsp3) is 0.357. The zero-order valence-corrected chi connectivity index (χ0v) is 11.5. The number of nitrogens with one attached hydrogen (secondary N) is 2. The molecule has 2 N–H and O–H groups in total. The third kappa shape index (κ3) is 3.14. The van der Waals surface area contributed by atoms with Crippen LogP contribution < -0.4 is 15.5 Å². The third-order valence-corrected chi connectivity index (χ3v) is 3.19. The van der Waals surface area contributed by atoms with Crippen LogP contribution in [-0.2, 0) is 9.59 Å². The van der Waals surface area contributed by atoms with Gasteiger partial charge in [-0.3, -0.25) is 19.7 Å². The average Bonchev–Trinajstić information content (AvgIpc) is 2.42. The monoisotopic (exact) mass is 275 g/mol. The fourth-order valence-corrected chi connectivity index (χ4v) is 1.98. The zero-order chi connectivity index (χ0) is 14.7. The molecular formula is C14H17N3O3. The molecule has 106 valence electrons. The Morgan fingerprint density at radius 1 is 1.25 bits per heavy atom. The van der Waals surface area contributed by atoms with Gasteiger partial charge in [0.2, 0.25) is 11.8 Å². The van der Waals surface area contributed by atoms with Gasteiger partial charge in [0.1, 0.15) is 6.04 Å². The molecule has 0 spiro atoms. The van der Waals surface area contributed by atoms with E-state index in [4.69, 9.17) is 0 Å². The van der Waals surface area contributed by atoms with Crippen molar-refractivity contribution in [1.82, 2.24) is 10.6 Å². The van der Waals surface area contributed by atoms with Crippen LogP contribution in [0.5, 0.6) is 0 Å². The summed E-state index contributed by atoms with van der Waals surface area (Å²) in [6, 6.07) is 6.43. The molecule has 1 heterocycles. The number of amides is 3. The predicted molar refractivity (Wildman–Crippen MR) is 74.4 cm³/mol. The summed E-state index contributed by atoms with van der Waals surface area (Å²) in [4.78, 5) is 36.6. The molecule has 1 atom stereocenters. The largest absolute Gasteiger partial charge is 0.378 e. The highest BCUT2D eigenvalue weighted by Crippen LogP contribution is 2.13. The molecule has 1 fully saturated rings. The van der Waals surface area contributed by atoms with Crippen LogP contribution in [0.25, 0.3) is 0 Å². The second-order valence-electron chi connectivity index (χ2n) is 4.92. The maximum absolute atomic E-state index is 12.0. The summed E-state index contributed by atoms with van der Waals surface area (Å²) in [5.74, 6) is -1.06. The van der Waals surface area contributed by atoms with Gasteiger partial charge in [-0.2, -0.15) is 0 Å². The summed E-state index contributed by atoms with van der Waals surface area (Å²) >= 11 is 0. The smallest absolute Gasteiger partial charge is 0.251 e. The molecule has 2 rings (SSSR count). The van der Waals surface area contributed by atoms with Crippen LogP contribution in [0.4, 0.5) is 5.69 Å². The minimum absolute atomic E-state index is 0.246. The van der Waals surface area contributed by atoms with Crippen molar-refractivity contribution >= 4 is 23.4 Å². The quantitative estimate of drug-likeness (QED) is 0.777. The van der Waals surface area contributed by atoms with E-state index in [9.17, 15) is 14.4 Å². The van der Waals surface area contributed by atoms with E-state index in [0.717, 1.165) is 5.69 Å². The van der Waals surface area contributed by atoms with Gasteiger partial charge in [0, 0.05) is 31.8 Å². The standard InChI is InChI=1S/C14H17N3O3/c1-17(2)10-5-3-9(4-6-10)13(19)15-11-7-8-12(18)16-14(11)20/h3-6,11H,7-8H2,1-2H3,(H,15,19)(H,16,18,20). The molecule has 1 aromatic rings. The number of hydrogen-bond donors (Lipinski definition) is 2. The van der Waals surface area contributed by atoms with Crippen molar-refractivity contribution in [2.24, 2.45) is 0 Å². The predicted octanol–water partition coefficient (Wildman–Crippen LogP) is 0.288. The first-order valence-electron chi connectivity index (χ1n) is 6.39. The number of piperidine rings is 1. The molecule has 0 aromatic heterocycles. The van der Waals surface area contributed by atoms with Crippen molar-refractivity contribution < 1.29 is 14.4 Å². The van der Waals surface area contributed by atoms with E-state index in [0.29, 0.717) is 12.0 Å². The van der Waals surface area contributed by atoms with Crippen molar-refractivity contribution in [2.45, 2.75) is 18.9 Å². The lowest BCUT2D eigenvalue weighted by Crippen LogP contribution is -2.52. The van der Waals surface area contributed by atoms with Crippen LogP contribution >= 0.6 is 0 Å². The maximum atomic E-state index is 12.0. The summed E-state index contributed by atoms with van der Waals surface area (Å²) in [5.41, 5.74) is 1.47. The summed E-state index contributed by atoms with van der Waals surface area (Å²) < 4.78 is 0. The second-order valence-corrected chi connectivity index (χ2v) is 4.92. The van der Waals surface area contributed by atoms with Crippen molar-refractivity contribution in [1.29, 1.82) is 0 Å². The van der Waals surface area contributed by atoms with Crippen molar-refractivity contribution in [3.63, 3.8) is 0 Å². The molecular weight excluding hydrogens is 258 g/mol. The first-order valence-corrected chi connectivity index (χ1v) is 6.39. The molecule has 3 amide bonds. The van der Waals surface area contributed by atoms with Gasteiger partial charge in [-0.1, -0.05) is 0 Å². The Morgan fingerprint density at radius 2 is 1.90 bits per heavy atom. The normalized spacial score (nSPS) is 18.4. The minimum Gasteiger partial charge on any atom is -0.378 e. The molecule has 0 aliphatic carbocycles. The molecule has 6 heteroatoms. The van der Waals surface area contributed by atoms with Gasteiger partial charge in [-0.25, -0.2) is 0 Å². The van der Waals surface area contributed by atoms with Crippen LogP contribution in [0.2, 0.25) is 0 Å². The summed E-state index contributed by atoms with van der Waals surface area (Å²) in [7, 11) is 3.83. The lowest BCUT2D eigenvalue weighted by atomic mass is 10.1. The third-order valence-electron chi connectivity index (χ3n) is 3.19. The molecule has 1 aliphatic heterocycles. The van der Waals surface area contributed by atoms with Gasteiger partial charge in [0.05, 0.1) is 0 Å². The van der Waals surface area contributed by atoms with Crippen molar-refractivity contribution in [3.05, 3.63) is 29.8 Å². The molecule has 0 bridgehead atoms. The Labute approximate surface area is 117 Å². The minimum atomic E-state index is -0.645. The van der Waals surface area contributed by atoms with Crippen molar-refractivity contribution in [3.8, 4) is 0 Å². The first-order chi connectivity index (χ1) is 9.47. The van der Waals surface area contributed by atoms with Crippen LogP contribution in [0.3, 0.4) is 0 Å². The van der Waals surface area contributed by atoms with E-state index < -0.39 is 11.9 Å². The highest BCUT2D eigenvalue weighted by atomic mass is 16.2. The van der Waals surface area contributed by atoms with Crippen LogP contribution in [-0.4, -0.2) is 37.9 Å². The van der Waals surface area contributed by atoms with Gasteiger partial charge in [0.15, 0.2) is 0 Å². The molecule has 6 nitrogen and oxygen atoms in total. The number of carbonyl (C=O) groups is 3. The Kier molecular flexibility index (Phi) is 4.02. The number of carbonyl (C=O) groups excluding carboxylic acids is 3.